The maximum Gasteiger partial charge on any atom is 0.374 e. The van der Waals surface area contributed by atoms with E-state index in [4.69, 9.17) is 4.42 Å². The summed E-state index contributed by atoms with van der Waals surface area (Å²) in [5, 5.41) is 2.73. The zero-order chi connectivity index (χ0) is 17.0. The Morgan fingerprint density at radius 1 is 1.39 bits per heavy atom. The normalized spacial score (nSPS) is 18.4. The zero-order valence-electron chi connectivity index (χ0n) is 13.4. The molecule has 0 bridgehead atoms. The van der Waals surface area contributed by atoms with Crippen LogP contribution in [0.1, 0.15) is 28.3 Å². The minimum Gasteiger partial charge on any atom is -0.469 e. The van der Waals surface area contributed by atoms with Crippen molar-refractivity contribution in [2.24, 2.45) is 0 Å². The van der Waals surface area contributed by atoms with Crippen molar-refractivity contribution < 1.29 is 28.3 Å². The fourth-order valence-corrected chi connectivity index (χ4v) is 2.54. The maximum atomic E-state index is 12.0. The van der Waals surface area contributed by atoms with E-state index in [-0.39, 0.29) is 18.1 Å². The summed E-state index contributed by atoms with van der Waals surface area (Å²) in [6.45, 7) is 3.11. The molecule has 8 heteroatoms. The first-order chi connectivity index (χ1) is 11.0. The Hall–Kier alpha value is -2.35. The maximum absolute atomic E-state index is 12.0. The molecule has 8 nitrogen and oxygen atoms in total. The number of aryl methyl sites for hydroxylation is 1. The predicted molar refractivity (Wildman–Crippen MR) is 78.6 cm³/mol. The van der Waals surface area contributed by atoms with E-state index in [0.717, 1.165) is 0 Å². The second-order valence-electron chi connectivity index (χ2n) is 5.27. The van der Waals surface area contributed by atoms with Gasteiger partial charge in [-0.2, -0.15) is 0 Å². The van der Waals surface area contributed by atoms with Crippen LogP contribution in [0.25, 0.3) is 0 Å². The number of carbonyl (C=O) groups excluding carboxylic acids is 3. The molecular formula is C15H20N2O6. The Balaban J connectivity index is 2.14. The minimum absolute atomic E-state index is 0.0358. The number of rotatable bonds is 5. The van der Waals surface area contributed by atoms with Gasteiger partial charge < -0.3 is 19.2 Å². The van der Waals surface area contributed by atoms with Crippen molar-refractivity contribution in [1.82, 2.24) is 10.2 Å². The Morgan fingerprint density at radius 2 is 2.13 bits per heavy atom. The number of amides is 1. The molecule has 126 valence electrons. The highest BCUT2D eigenvalue weighted by Crippen LogP contribution is 2.20. The Bertz CT molecular complexity index is 609. The SMILES string of the molecule is COC(=O)C[C@@H]1C(=O)NCCN1Cc1cc(C)c(C(=O)OC)o1. The summed E-state index contributed by atoms with van der Waals surface area (Å²) in [4.78, 5) is 36.9. The lowest BCUT2D eigenvalue weighted by atomic mass is 10.1. The number of methoxy groups -OCH3 is 2. The molecule has 1 saturated heterocycles. The smallest absolute Gasteiger partial charge is 0.374 e. The quantitative estimate of drug-likeness (QED) is 0.775. The Labute approximate surface area is 133 Å². The van der Waals surface area contributed by atoms with Gasteiger partial charge in [-0.25, -0.2) is 4.79 Å². The fraction of sp³-hybridized carbons (Fsp3) is 0.533. The van der Waals surface area contributed by atoms with Crippen molar-refractivity contribution in [3.63, 3.8) is 0 Å². The first kappa shape index (κ1) is 17.0. The van der Waals surface area contributed by atoms with Crippen LogP contribution in [0.3, 0.4) is 0 Å². The third-order valence-corrected chi connectivity index (χ3v) is 3.73. The van der Waals surface area contributed by atoms with Gasteiger partial charge in [0.15, 0.2) is 0 Å². The van der Waals surface area contributed by atoms with E-state index in [0.29, 0.717) is 31.0 Å². The number of piperazine rings is 1. The summed E-state index contributed by atoms with van der Waals surface area (Å²) in [6.07, 6.45) is -0.0358. The molecule has 0 radical (unpaired) electrons. The molecular weight excluding hydrogens is 304 g/mol. The van der Waals surface area contributed by atoms with Gasteiger partial charge in [-0.3, -0.25) is 14.5 Å². The van der Waals surface area contributed by atoms with Crippen LogP contribution in [-0.4, -0.2) is 56.1 Å². The molecule has 1 amide bonds. The van der Waals surface area contributed by atoms with Crippen LogP contribution in [0.2, 0.25) is 0 Å². The summed E-state index contributed by atoms with van der Waals surface area (Å²) in [6, 6.07) is 1.11. The van der Waals surface area contributed by atoms with E-state index in [1.807, 2.05) is 4.90 Å². The number of carbonyl (C=O) groups is 3. The van der Waals surface area contributed by atoms with E-state index in [1.165, 1.54) is 14.2 Å². The van der Waals surface area contributed by atoms with E-state index >= 15 is 0 Å². The molecule has 1 aromatic rings. The van der Waals surface area contributed by atoms with Crippen LogP contribution in [0, 0.1) is 6.92 Å². The van der Waals surface area contributed by atoms with Crippen molar-refractivity contribution in [1.29, 1.82) is 0 Å². The number of furan rings is 1. The van der Waals surface area contributed by atoms with Crippen molar-refractivity contribution >= 4 is 17.8 Å². The van der Waals surface area contributed by atoms with Gasteiger partial charge in [0.25, 0.3) is 0 Å². The lowest BCUT2D eigenvalue weighted by Crippen LogP contribution is -2.55. The van der Waals surface area contributed by atoms with Gasteiger partial charge in [-0.05, 0) is 13.0 Å². The van der Waals surface area contributed by atoms with Gasteiger partial charge >= 0.3 is 11.9 Å². The third-order valence-electron chi connectivity index (χ3n) is 3.73. The zero-order valence-corrected chi connectivity index (χ0v) is 13.4. The average Bonchev–Trinajstić information content (AvgIpc) is 2.90. The number of hydrogen-bond donors (Lipinski definition) is 1. The molecule has 0 saturated carbocycles. The van der Waals surface area contributed by atoms with Gasteiger partial charge in [-0.15, -0.1) is 0 Å². The molecule has 0 unspecified atom stereocenters. The van der Waals surface area contributed by atoms with E-state index < -0.39 is 18.0 Å². The lowest BCUT2D eigenvalue weighted by molar-refractivity contribution is -0.146. The molecule has 2 heterocycles. The van der Waals surface area contributed by atoms with Crippen LogP contribution < -0.4 is 5.32 Å². The number of esters is 2. The molecule has 1 aliphatic rings. The largest absolute Gasteiger partial charge is 0.469 e. The van der Waals surface area contributed by atoms with Crippen LogP contribution >= 0.6 is 0 Å². The van der Waals surface area contributed by atoms with E-state index in [9.17, 15) is 14.4 Å². The number of hydrogen-bond acceptors (Lipinski definition) is 7. The average molecular weight is 324 g/mol. The Kier molecular flexibility index (Phi) is 5.38. The molecule has 1 atom stereocenters. The molecule has 1 aliphatic heterocycles. The lowest BCUT2D eigenvalue weighted by Gasteiger charge is -2.33. The molecule has 1 N–H and O–H groups in total. The summed E-state index contributed by atoms with van der Waals surface area (Å²) in [5.41, 5.74) is 0.665. The molecule has 0 aliphatic carbocycles. The predicted octanol–water partition coefficient (Wildman–Crippen LogP) is 0.238. The molecule has 0 aromatic carbocycles. The highest BCUT2D eigenvalue weighted by atomic mass is 16.5. The molecule has 1 aromatic heterocycles. The first-order valence-electron chi connectivity index (χ1n) is 7.22. The minimum atomic E-state index is -0.622. The van der Waals surface area contributed by atoms with Crippen LogP contribution in [0.4, 0.5) is 0 Å². The van der Waals surface area contributed by atoms with Gasteiger partial charge in [0.1, 0.15) is 11.8 Å². The second kappa shape index (κ2) is 7.28. The van der Waals surface area contributed by atoms with Gasteiger partial charge in [0, 0.05) is 18.7 Å². The highest BCUT2D eigenvalue weighted by Gasteiger charge is 2.32. The van der Waals surface area contributed by atoms with Crippen LogP contribution in [0.5, 0.6) is 0 Å². The van der Waals surface area contributed by atoms with Crippen molar-refractivity contribution in [3.05, 3.63) is 23.2 Å². The van der Waals surface area contributed by atoms with Gasteiger partial charge in [0.05, 0.1) is 27.2 Å². The summed E-state index contributed by atoms with van der Waals surface area (Å²) in [7, 11) is 2.57. The number of nitrogens with one attached hydrogen (secondary N) is 1. The fourth-order valence-electron chi connectivity index (χ4n) is 2.54. The Morgan fingerprint density at radius 3 is 2.78 bits per heavy atom. The van der Waals surface area contributed by atoms with Gasteiger partial charge in [0.2, 0.25) is 11.7 Å². The standard InChI is InChI=1S/C15H20N2O6/c1-9-6-10(23-13(9)15(20)22-3)8-17-5-4-16-14(19)11(17)7-12(18)21-2/h6,11H,4-5,7-8H2,1-3H3,(H,16,19)/t11-/m1/s1. The summed E-state index contributed by atoms with van der Waals surface area (Å²) < 4.78 is 14.8. The summed E-state index contributed by atoms with van der Waals surface area (Å²) in [5.74, 6) is -0.543. The molecule has 23 heavy (non-hydrogen) atoms. The number of nitrogens with zero attached hydrogens (tertiary/aromatic N) is 1. The molecule has 0 spiro atoms. The molecule has 2 rings (SSSR count). The van der Waals surface area contributed by atoms with Gasteiger partial charge in [-0.1, -0.05) is 0 Å². The van der Waals surface area contributed by atoms with E-state index in [1.54, 1.807) is 13.0 Å². The second-order valence-corrected chi connectivity index (χ2v) is 5.27. The molecule has 1 fully saturated rings. The van der Waals surface area contributed by atoms with Crippen LogP contribution in [0.15, 0.2) is 10.5 Å². The van der Waals surface area contributed by atoms with Crippen molar-refractivity contribution in [2.75, 3.05) is 27.3 Å². The third kappa shape index (κ3) is 3.89. The first-order valence-corrected chi connectivity index (χ1v) is 7.22. The highest BCUT2D eigenvalue weighted by molar-refractivity contribution is 5.88. The van der Waals surface area contributed by atoms with Crippen LogP contribution in [-0.2, 0) is 25.6 Å². The monoisotopic (exact) mass is 324 g/mol. The van der Waals surface area contributed by atoms with Crippen molar-refractivity contribution in [2.45, 2.75) is 25.9 Å². The summed E-state index contributed by atoms with van der Waals surface area (Å²) >= 11 is 0. The number of ether oxygens (including phenoxy) is 2. The van der Waals surface area contributed by atoms with E-state index in [2.05, 4.69) is 14.8 Å². The van der Waals surface area contributed by atoms with Crippen molar-refractivity contribution in [3.8, 4) is 0 Å². The topological polar surface area (TPSA) is 98.1 Å².